The second kappa shape index (κ2) is 6.72. The number of likely N-dealkylation sites (tertiary alicyclic amines) is 1. The number of rotatable bonds is 3. The van der Waals surface area contributed by atoms with Gasteiger partial charge < -0.3 is 14.6 Å². The molecule has 1 N–H and O–H groups in total. The smallest absolute Gasteiger partial charge is 0.326 e. The largest absolute Gasteiger partial charge is 0.480 e. The second-order valence-electron chi connectivity index (χ2n) is 8.13. The molecule has 6 heteroatoms. The van der Waals surface area contributed by atoms with Gasteiger partial charge in [0.15, 0.2) is 5.43 Å². The van der Waals surface area contributed by atoms with Crippen LogP contribution in [0, 0.1) is 11.8 Å². The number of benzene rings is 2. The quantitative estimate of drug-likeness (QED) is 0.698. The normalized spacial score (nSPS) is 23.6. The molecule has 2 fully saturated rings. The number of carbonyl (C=O) groups is 2. The standard InChI is InChI=1S/C23H22N2O4/c26-20(25-12-14-6-5-9-15(14)21(25)23(28)29)13-24-18-10-3-1-7-16(18)22(27)17-8-2-4-11-19(17)24/h1-4,7-8,10-11,14-15,21H,5-6,9,12-13H2,(H,28,29). The Hall–Kier alpha value is -3.15. The van der Waals surface area contributed by atoms with Crippen molar-refractivity contribution in [2.45, 2.75) is 31.8 Å². The number of carboxylic acids is 1. The Kier molecular flexibility index (Phi) is 4.15. The number of fused-ring (bicyclic) bond motifs is 3. The van der Waals surface area contributed by atoms with E-state index in [1.165, 1.54) is 0 Å². The van der Waals surface area contributed by atoms with Crippen LogP contribution in [0.4, 0.5) is 0 Å². The molecule has 1 saturated carbocycles. The number of amides is 1. The Morgan fingerprint density at radius 2 is 1.59 bits per heavy atom. The van der Waals surface area contributed by atoms with Crippen molar-refractivity contribution in [2.24, 2.45) is 11.8 Å². The molecule has 1 amide bonds. The van der Waals surface area contributed by atoms with Crippen molar-refractivity contribution in [1.29, 1.82) is 0 Å². The molecule has 1 saturated heterocycles. The maximum absolute atomic E-state index is 13.3. The molecule has 5 rings (SSSR count). The first-order valence-corrected chi connectivity index (χ1v) is 10.1. The van der Waals surface area contributed by atoms with E-state index < -0.39 is 12.0 Å². The van der Waals surface area contributed by atoms with E-state index in [-0.39, 0.29) is 29.7 Å². The number of aromatic nitrogens is 1. The fraction of sp³-hybridized carbons (Fsp3) is 0.348. The van der Waals surface area contributed by atoms with Gasteiger partial charge in [-0.1, -0.05) is 30.7 Å². The van der Waals surface area contributed by atoms with Gasteiger partial charge in [0.2, 0.25) is 5.91 Å². The SMILES string of the molecule is O=C(O)C1C2CCCC2CN1C(=O)Cn1c2ccccc2c(=O)c2ccccc21. The fourth-order valence-corrected chi connectivity index (χ4v) is 5.35. The van der Waals surface area contributed by atoms with Crippen molar-refractivity contribution in [3.8, 4) is 0 Å². The van der Waals surface area contributed by atoms with E-state index in [2.05, 4.69) is 0 Å². The van der Waals surface area contributed by atoms with Crippen LogP contribution < -0.4 is 5.43 Å². The number of carbonyl (C=O) groups excluding carboxylic acids is 1. The number of pyridine rings is 1. The highest BCUT2D eigenvalue weighted by molar-refractivity contribution is 5.95. The monoisotopic (exact) mass is 390 g/mol. The van der Waals surface area contributed by atoms with Gasteiger partial charge in [0, 0.05) is 17.3 Å². The molecule has 1 aliphatic carbocycles. The third-order valence-corrected chi connectivity index (χ3v) is 6.64. The molecular formula is C23H22N2O4. The number of hydrogen-bond donors (Lipinski definition) is 1. The Labute approximate surface area is 167 Å². The van der Waals surface area contributed by atoms with Crippen molar-refractivity contribution in [2.75, 3.05) is 6.54 Å². The van der Waals surface area contributed by atoms with E-state index in [9.17, 15) is 19.5 Å². The molecule has 2 heterocycles. The zero-order valence-corrected chi connectivity index (χ0v) is 16.0. The van der Waals surface area contributed by atoms with Gasteiger partial charge >= 0.3 is 5.97 Å². The van der Waals surface area contributed by atoms with Crippen LogP contribution in [0.15, 0.2) is 53.3 Å². The summed E-state index contributed by atoms with van der Waals surface area (Å²) < 4.78 is 1.85. The minimum absolute atomic E-state index is 0.0184. The molecule has 3 unspecified atom stereocenters. The highest BCUT2D eigenvalue weighted by Gasteiger charge is 2.49. The number of para-hydroxylation sites is 2. The number of nitrogens with zero attached hydrogens (tertiary/aromatic N) is 2. The molecule has 2 aliphatic rings. The van der Waals surface area contributed by atoms with Gasteiger partial charge in [0.25, 0.3) is 0 Å². The number of carboxylic acid groups (broad SMARTS) is 1. The van der Waals surface area contributed by atoms with Gasteiger partial charge in [0.1, 0.15) is 12.6 Å². The zero-order chi connectivity index (χ0) is 20.1. The van der Waals surface area contributed by atoms with Crippen LogP contribution >= 0.6 is 0 Å². The second-order valence-corrected chi connectivity index (χ2v) is 8.13. The fourth-order valence-electron chi connectivity index (χ4n) is 5.35. The van der Waals surface area contributed by atoms with Gasteiger partial charge in [0.05, 0.1) is 11.0 Å². The maximum atomic E-state index is 13.3. The Balaban J connectivity index is 1.60. The van der Waals surface area contributed by atoms with Crippen molar-refractivity contribution >= 4 is 33.7 Å². The van der Waals surface area contributed by atoms with E-state index in [1.807, 2.05) is 41.0 Å². The summed E-state index contributed by atoms with van der Waals surface area (Å²) in [7, 11) is 0. The molecule has 2 aromatic carbocycles. The van der Waals surface area contributed by atoms with Gasteiger partial charge in [-0.15, -0.1) is 0 Å². The van der Waals surface area contributed by atoms with E-state index in [4.69, 9.17) is 0 Å². The van der Waals surface area contributed by atoms with Gasteiger partial charge in [-0.25, -0.2) is 4.79 Å². The molecule has 148 valence electrons. The lowest BCUT2D eigenvalue weighted by Gasteiger charge is -2.25. The summed E-state index contributed by atoms with van der Waals surface area (Å²) >= 11 is 0. The molecule has 29 heavy (non-hydrogen) atoms. The minimum Gasteiger partial charge on any atom is -0.480 e. The van der Waals surface area contributed by atoms with Crippen LogP contribution in [-0.2, 0) is 16.1 Å². The Morgan fingerprint density at radius 3 is 2.21 bits per heavy atom. The molecule has 3 atom stereocenters. The van der Waals surface area contributed by atoms with E-state index in [1.54, 1.807) is 17.0 Å². The molecular weight excluding hydrogens is 368 g/mol. The van der Waals surface area contributed by atoms with Crippen LogP contribution in [-0.4, -0.2) is 39.0 Å². The summed E-state index contributed by atoms with van der Waals surface area (Å²) in [5, 5.41) is 10.9. The molecule has 1 aromatic heterocycles. The molecule has 0 radical (unpaired) electrons. The first-order chi connectivity index (χ1) is 14.1. The van der Waals surface area contributed by atoms with Gasteiger partial charge in [-0.2, -0.15) is 0 Å². The van der Waals surface area contributed by atoms with Crippen molar-refractivity contribution in [3.05, 3.63) is 58.8 Å². The third kappa shape index (κ3) is 2.74. The summed E-state index contributed by atoms with van der Waals surface area (Å²) in [6.45, 7) is 0.529. The lowest BCUT2D eigenvalue weighted by atomic mass is 9.94. The minimum atomic E-state index is -0.914. The Bertz CT molecular complexity index is 1140. The molecule has 0 bridgehead atoms. The lowest BCUT2D eigenvalue weighted by molar-refractivity contribution is -0.149. The summed E-state index contributed by atoms with van der Waals surface area (Å²) in [4.78, 5) is 39.7. The van der Waals surface area contributed by atoms with E-state index >= 15 is 0 Å². The summed E-state index contributed by atoms with van der Waals surface area (Å²) in [6, 6.07) is 13.8. The highest BCUT2D eigenvalue weighted by atomic mass is 16.4. The zero-order valence-electron chi connectivity index (χ0n) is 16.0. The van der Waals surface area contributed by atoms with Crippen LogP contribution in [0.5, 0.6) is 0 Å². The summed E-state index contributed by atoms with van der Waals surface area (Å²) in [5.41, 5.74) is 1.32. The van der Waals surface area contributed by atoms with Crippen LogP contribution in [0.3, 0.4) is 0 Å². The summed E-state index contributed by atoms with van der Waals surface area (Å²) in [5.74, 6) is -0.783. The van der Waals surface area contributed by atoms with Crippen LogP contribution in [0.2, 0.25) is 0 Å². The topological polar surface area (TPSA) is 79.6 Å². The Morgan fingerprint density at radius 1 is 0.966 bits per heavy atom. The van der Waals surface area contributed by atoms with Gasteiger partial charge in [-0.3, -0.25) is 9.59 Å². The molecule has 0 spiro atoms. The first-order valence-electron chi connectivity index (χ1n) is 10.1. The number of hydrogen-bond acceptors (Lipinski definition) is 3. The summed E-state index contributed by atoms with van der Waals surface area (Å²) in [6.07, 6.45) is 2.90. The average Bonchev–Trinajstić information content (AvgIpc) is 3.32. The van der Waals surface area contributed by atoms with Crippen LogP contribution in [0.1, 0.15) is 19.3 Å². The lowest BCUT2D eigenvalue weighted by Crippen LogP contribution is -2.44. The third-order valence-electron chi connectivity index (χ3n) is 6.64. The van der Waals surface area contributed by atoms with Crippen molar-refractivity contribution in [3.63, 3.8) is 0 Å². The molecule has 3 aromatic rings. The van der Waals surface area contributed by atoms with E-state index in [0.29, 0.717) is 28.4 Å². The van der Waals surface area contributed by atoms with Crippen LogP contribution in [0.25, 0.3) is 21.8 Å². The van der Waals surface area contributed by atoms with E-state index in [0.717, 1.165) is 19.3 Å². The predicted molar refractivity (Wildman–Crippen MR) is 110 cm³/mol. The molecule has 6 nitrogen and oxygen atoms in total. The highest BCUT2D eigenvalue weighted by Crippen LogP contribution is 2.42. The van der Waals surface area contributed by atoms with Crippen molar-refractivity contribution < 1.29 is 14.7 Å². The van der Waals surface area contributed by atoms with Gasteiger partial charge in [-0.05, 0) is 48.9 Å². The molecule has 1 aliphatic heterocycles. The average molecular weight is 390 g/mol. The predicted octanol–water partition coefficient (Wildman–Crippen LogP) is 2.87. The maximum Gasteiger partial charge on any atom is 0.326 e. The van der Waals surface area contributed by atoms with Crippen molar-refractivity contribution in [1.82, 2.24) is 9.47 Å². The number of aliphatic carboxylic acids is 1. The first kappa shape index (κ1) is 17.9.